The number of carbonyl (C=O) groups is 2. The van der Waals surface area contributed by atoms with E-state index in [-0.39, 0.29) is 23.1 Å². The summed E-state index contributed by atoms with van der Waals surface area (Å²) in [6.07, 6.45) is 2.55. The summed E-state index contributed by atoms with van der Waals surface area (Å²) in [5.74, 6) is 0.218. The van der Waals surface area contributed by atoms with Gasteiger partial charge in [0.2, 0.25) is 5.91 Å². The molecule has 3 rings (SSSR count). The normalized spacial score (nSPS) is 20.2. The number of carbonyl (C=O) groups excluding carboxylic acids is 2. The number of hydrogen-bond donors (Lipinski definition) is 1. The number of benzene rings is 1. The largest absolute Gasteiger partial charge is 0.434 e. The molecule has 2 aliphatic heterocycles. The maximum Gasteiger partial charge on any atom is 0.387 e. The summed E-state index contributed by atoms with van der Waals surface area (Å²) >= 11 is 0. The lowest BCUT2D eigenvalue weighted by atomic mass is 10.0. The fraction of sp³-hybridized carbons (Fsp3) is 0.579. The Bertz CT molecular complexity index is 657. The first kappa shape index (κ1) is 19.5. The van der Waals surface area contributed by atoms with Crippen LogP contribution >= 0.6 is 0 Å². The van der Waals surface area contributed by atoms with Crippen LogP contribution < -0.4 is 10.1 Å². The van der Waals surface area contributed by atoms with Crippen molar-refractivity contribution >= 4 is 11.8 Å². The molecule has 0 spiro atoms. The highest BCUT2D eigenvalue weighted by atomic mass is 19.3. The van der Waals surface area contributed by atoms with Crippen LogP contribution in [0, 0.1) is 5.92 Å². The number of nitrogens with zero attached hydrogens (tertiary/aromatic N) is 2. The Morgan fingerprint density at radius 3 is 2.52 bits per heavy atom. The summed E-state index contributed by atoms with van der Waals surface area (Å²) in [6, 6.07) is 6.00. The first-order valence-electron chi connectivity index (χ1n) is 9.36. The summed E-state index contributed by atoms with van der Waals surface area (Å²) < 4.78 is 29.5. The van der Waals surface area contributed by atoms with E-state index in [2.05, 4.69) is 10.1 Å². The minimum atomic E-state index is -2.98. The highest BCUT2D eigenvalue weighted by molar-refractivity contribution is 5.97. The Hall–Kier alpha value is -2.22. The van der Waals surface area contributed by atoms with E-state index in [9.17, 15) is 18.4 Å². The molecule has 0 radical (unpaired) electrons. The number of alkyl halides is 2. The van der Waals surface area contributed by atoms with Gasteiger partial charge in [0, 0.05) is 32.6 Å². The molecule has 2 heterocycles. The zero-order valence-corrected chi connectivity index (χ0v) is 15.2. The molecule has 1 unspecified atom stereocenters. The fourth-order valence-corrected chi connectivity index (χ4v) is 3.62. The smallest absolute Gasteiger partial charge is 0.387 e. The monoisotopic (exact) mass is 381 g/mol. The van der Waals surface area contributed by atoms with Gasteiger partial charge in [0.1, 0.15) is 5.75 Å². The second-order valence-corrected chi connectivity index (χ2v) is 6.95. The van der Waals surface area contributed by atoms with Crippen LogP contribution in [-0.2, 0) is 4.79 Å². The van der Waals surface area contributed by atoms with Crippen molar-refractivity contribution in [2.75, 3.05) is 39.3 Å². The van der Waals surface area contributed by atoms with E-state index in [4.69, 9.17) is 0 Å². The predicted molar refractivity (Wildman–Crippen MR) is 95.8 cm³/mol. The van der Waals surface area contributed by atoms with Gasteiger partial charge in [-0.1, -0.05) is 12.1 Å². The molecule has 6 nitrogen and oxygen atoms in total. The maximum absolute atomic E-state index is 12.7. The van der Waals surface area contributed by atoms with Crippen molar-refractivity contribution < 1.29 is 23.1 Å². The number of ether oxygens (including phenoxy) is 1. The number of amides is 2. The van der Waals surface area contributed by atoms with Crippen LogP contribution in [-0.4, -0.2) is 67.5 Å². The molecule has 8 heteroatoms. The quantitative estimate of drug-likeness (QED) is 0.818. The predicted octanol–water partition coefficient (Wildman–Crippen LogP) is 1.96. The Balaban J connectivity index is 1.51. The van der Waals surface area contributed by atoms with Crippen LogP contribution in [0.4, 0.5) is 8.78 Å². The number of para-hydroxylation sites is 1. The SMILES string of the molecule is O=C(CCC1CCNC1)N1CCN(C(=O)c2ccccc2OC(F)F)CC1. The minimum Gasteiger partial charge on any atom is -0.434 e. The Morgan fingerprint density at radius 2 is 1.85 bits per heavy atom. The molecule has 1 aromatic carbocycles. The Labute approximate surface area is 157 Å². The summed E-state index contributed by atoms with van der Waals surface area (Å²) in [4.78, 5) is 28.4. The molecule has 1 aromatic rings. The van der Waals surface area contributed by atoms with Gasteiger partial charge in [0.15, 0.2) is 0 Å². The highest BCUT2D eigenvalue weighted by Gasteiger charge is 2.27. The molecule has 0 aromatic heterocycles. The number of piperazine rings is 1. The van der Waals surface area contributed by atoms with E-state index in [1.54, 1.807) is 21.9 Å². The third-order valence-corrected chi connectivity index (χ3v) is 5.18. The maximum atomic E-state index is 12.7. The third kappa shape index (κ3) is 5.15. The Morgan fingerprint density at radius 1 is 1.15 bits per heavy atom. The topological polar surface area (TPSA) is 61.9 Å². The van der Waals surface area contributed by atoms with E-state index in [1.807, 2.05) is 0 Å². The van der Waals surface area contributed by atoms with Crippen LogP contribution in [0.1, 0.15) is 29.6 Å². The van der Waals surface area contributed by atoms with Crippen LogP contribution in [0.25, 0.3) is 0 Å². The van der Waals surface area contributed by atoms with E-state index >= 15 is 0 Å². The summed E-state index contributed by atoms with van der Waals surface area (Å²) in [5, 5.41) is 3.30. The zero-order chi connectivity index (χ0) is 19.2. The van der Waals surface area contributed by atoms with Gasteiger partial charge in [-0.2, -0.15) is 8.78 Å². The lowest BCUT2D eigenvalue weighted by Crippen LogP contribution is -2.50. The summed E-state index contributed by atoms with van der Waals surface area (Å²) in [5.41, 5.74) is 0.117. The minimum absolute atomic E-state index is 0.117. The van der Waals surface area contributed by atoms with Gasteiger partial charge in [-0.15, -0.1) is 0 Å². The van der Waals surface area contributed by atoms with Crippen molar-refractivity contribution in [2.24, 2.45) is 5.92 Å². The highest BCUT2D eigenvalue weighted by Crippen LogP contribution is 2.23. The molecule has 2 saturated heterocycles. The molecule has 2 amide bonds. The van der Waals surface area contributed by atoms with Crippen molar-refractivity contribution in [3.05, 3.63) is 29.8 Å². The molecule has 148 valence electrons. The molecular weight excluding hydrogens is 356 g/mol. The lowest BCUT2D eigenvalue weighted by Gasteiger charge is -2.35. The van der Waals surface area contributed by atoms with Gasteiger partial charge in [-0.05, 0) is 44.0 Å². The van der Waals surface area contributed by atoms with Crippen LogP contribution in [0.2, 0.25) is 0 Å². The Kier molecular flexibility index (Phi) is 6.60. The number of halogens is 2. The van der Waals surface area contributed by atoms with Gasteiger partial charge in [0.25, 0.3) is 5.91 Å². The molecule has 1 N–H and O–H groups in total. The molecule has 0 bridgehead atoms. The fourth-order valence-electron chi connectivity index (χ4n) is 3.62. The zero-order valence-electron chi connectivity index (χ0n) is 15.2. The second-order valence-electron chi connectivity index (χ2n) is 6.95. The molecule has 2 aliphatic rings. The standard InChI is InChI=1S/C19H25F2N3O3/c20-19(21)27-16-4-2-1-3-15(16)18(26)24-11-9-23(10-12-24)17(25)6-5-14-7-8-22-13-14/h1-4,14,19,22H,5-13H2. The van der Waals surface area contributed by atoms with Crippen molar-refractivity contribution in [3.8, 4) is 5.75 Å². The van der Waals surface area contributed by atoms with Crippen LogP contribution in [0.15, 0.2) is 24.3 Å². The van der Waals surface area contributed by atoms with Crippen LogP contribution in [0.5, 0.6) is 5.75 Å². The lowest BCUT2D eigenvalue weighted by molar-refractivity contribution is -0.133. The number of hydrogen-bond acceptors (Lipinski definition) is 4. The molecule has 0 saturated carbocycles. The van der Waals surface area contributed by atoms with Crippen molar-refractivity contribution in [1.82, 2.24) is 15.1 Å². The van der Waals surface area contributed by atoms with E-state index < -0.39 is 6.61 Å². The van der Waals surface area contributed by atoms with Crippen molar-refractivity contribution in [1.29, 1.82) is 0 Å². The molecule has 1 atom stereocenters. The third-order valence-electron chi connectivity index (χ3n) is 5.18. The molecule has 27 heavy (non-hydrogen) atoms. The second kappa shape index (κ2) is 9.12. The van der Waals surface area contributed by atoms with E-state index in [0.717, 1.165) is 25.9 Å². The number of rotatable bonds is 6. The number of nitrogens with one attached hydrogen (secondary N) is 1. The molecular formula is C19H25F2N3O3. The van der Waals surface area contributed by atoms with Gasteiger partial charge in [0.05, 0.1) is 5.56 Å². The van der Waals surface area contributed by atoms with Crippen LogP contribution in [0.3, 0.4) is 0 Å². The van der Waals surface area contributed by atoms with E-state index in [1.165, 1.54) is 12.1 Å². The molecule has 2 fully saturated rings. The van der Waals surface area contributed by atoms with Crippen molar-refractivity contribution in [2.45, 2.75) is 25.9 Å². The summed E-state index contributed by atoms with van der Waals surface area (Å²) in [6.45, 7) is 0.725. The molecule has 0 aliphatic carbocycles. The summed E-state index contributed by atoms with van der Waals surface area (Å²) in [7, 11) is 0. The first-order chi connectivity index (χ1) is 13.0. The van der Waals surface area contributed by atoms with Gasteiger partial charge >= 0.3 is 6.61 Å². The van der Waals surface area contributed by atoms with Gasteiger partial charge < -0.3 is 19.9 Å². The first-order valence-corrected chi connectivity index (χ1v) is 9.36. The average molecular weight is 381 g/mol. The van der Waals surface area contributed by atoms with Crippen molar-refractivity contribution in [3.63, 3.8) is 0 Å². The van der Waals surface area contributed by atoms with E-state index in [0.29, 0.717) is 38.5 Å². The van der Waals surface area contributed by atoms with Gasteiger partial charge in [-0.3, -0.25) is 9.59 Å². The average Bonchev–Trinajstić information content (AvgIpc) is 3.19. The van der Waals surface area contributed by atoms with Gasteiger partial charge in [-0.25, -0.2) is 0 Å².